The molecule has 0 amide bonds. The molecule has 0 unspecified atom stereocenters. The number of nitrogens with zero attached hydrogens (tertiary/aromatic N) is 3. The summed E-state index contributed by atoms with van der Waals surface area (Å²) in [7, 11) is 3.44. The van der Waals surface area contributed by atoms with Crippen molar-refractivity contribution in [3.8, 4) is 11.5 Å². The lowest BCUT2D eigenvalue weighted by molar-refractivity contribution is 0.121. The van der Waals surface area contributed by atoms with Gasteiger partial charge in [0.1, 0.15) is 11.5 Å². The van der Waals surface area contributed by atoms with Crippen LogP contribution in [0.5, 0.6) is 11.5 Å². The molecule has 0 bridgehead atoms. The third-order valence-corrected chi connectivity index (χ3v) is 6.91. The van der Waals surface area contributed by atoms with Crippen LogP contribution in [-0.4, -0.2) is 54.8 Å². The first-order chi connectivity index (χ1) is 16.2. The van der Waals surface area contributed by atoms with Crippen LogP contribution in [0.2, 0.25) is 0 Å². The maximum absolute atomic E-state index is 5.57. The molecule has 1 fully saturated rings. The van der Waals surface area contributed by atoms with Gasteiger partial charge < -0.3 is 14.0 Å². The van der Waals surface area contributed by atoms with E-state index in [2.05, 4.69) is 69.8 Å². The van der Waals surface area contributed by atoms with Crippen molar-refractivity contribution in [2.24, 2.45) is 0 Å². The molecule has 1 aliphatic heterocycles. The Hall–Kier alpha value is -3.02. The third kappa shape index (κ3) is 4.31. The van der Waals surface area contributed by atoms with E-state index in [0.29, 0.717) is 0 Å². The zero-order valence-electron chi connectivity index (χ0n) is 19.9. The maximum atomic E-state index is 5.57. The first kappa shape index (κ1) is 21.8. The Morgan fingerprint density at radius 2 is 1.45 bits per heavy atom. The zero-order chi connectivity index (χ0) is 22.8. The smallest absolute Gasteiger partial charge is 0.123 e. The molecule has 1 aromatic heterocycles. The van der Waals surface area contributed by atoms with Crippen LogP contribution in [0.3, 0.4) is 0 Å². The van der Waals surface area contributed by atoms with Gasteiger partial charge in [0.05, 0.1) is 14.2 Å². The molecule has 0 atom stereocenters. The molecule has 0 saturated carbocycles. The van der Waals surface area contributed by atoms with E-state index in [4.69, 9.17) is 9.47 Å². The summed E-state index contributed by atoms with van der Waals surface area (Å²) >= 11 is 0. The summed E-state index contributed by atoms with van der Waals surface area (Å²) in [4.78, 5) is 5.07. The Morgan fingerprint density at radius 3 is 2.18 bits per heavy atom. The van der Waals surface area contributed by atoms with Crippen molar-refractivity contribution in [1.82, 2.24) is 14.4 Å². The fourth-order valence-corrected chi connectivity index (χ4v) is 5.15. The fourth-order valence-electron chi connectivity index (χ4n) is 5.15. The molecule has 5 heteroatoms. The summed E-state index contributed by atoms with van der Waals surface area (Å²) in [5, 5.41) is 2.72. The monoisotopic (exact) mass is 443 g/mol. The van der Waals surface area contributed by atoms with Gasteiger partial charge in [-0.05, 0) is 48.9 Å². The number of para-hydroxylation sites is 1. The van der Waals surface area contributed by atoms with Gasteiger partial charge in [-0.1, -0.05) is 24.3 Å². The molecule has 5 nitrogen and oxygen atoms in total. The molecule has 1 saturated heterocycles. The fraction of sp³-hybridized carbons (Fsp3) is 0.357. The van der Waals surface area contributed by atoms with Gasteiger partial charge in [0.15, 0.2) is 0 Å². The minimum Gasteiger partial charge on any atom is -0.497 e. The van der Waals surface area contributed by atoms with E-state index >= 15 is 0 Å². The largest absolute Gasteiger partial charge is 0.497 e. The molecule has 0 N–H and O–H groups in total. The molecule has 4 aromatic rings. The van der Waals surface area contributed by atoms with E-state index in [1.807, 2.05) is 12.1 Å². The van der Waals surface area contributed by atoms with E-state index in [-0.39, 0.29) is 0 Å². The number of aryl methyl sites for hydroxylation is 1. The molecule has 33 heavy (non-hydrogen) atoms. The molecule has 0 radical (unpaired) electrons. The molecule has 1 aliphatic rings. The lowest BCUT2D eigenvalue weighted by Crippen LogP contribution is -2.45. The summed E-state index contributed by atoms with van der Waals surface area (Å²) in [6.45, 7) is 9.34. The van der Waals surface area contributed by atoms with Crippen LogP contribution in [0, 0.1) is 0 Å². The second-order valence-corrected chi connectivity index (χ2v) is 8.84. The minimum atomic E-state index is 0.879. The molecule has 172 valence electrons. The quantitative estimate of drug-likeness (QED) is 0.395. The summed E-state index contributed by atoms with van der Waals surface area (Å²) < 4.78 is 13.4. The highest BCUT2D eigenvalue weighted by molar-refractivity contribution is 6.08. The van der Waals surface area contributed by atoms with Gasteiger partial charge >= 0.3 is 0 Å². The highest BCUT2D eigenvalue weighted by Gasteiger charge is 2.19. The molecular formula is C28H33N3O2. The van der Waals surface area contributed by atoms with Crippen LogP contribution in [0.1, 0.15) is 18.1 Å². The first-order valence-electron chi connectivity index (χ1n) is 11.9. The van der Waals surface area contributed by atoms with Gasteiger partial charge in [0.2, 0.25) is 0 Å². The van der Waals surface area contributed by atoms with E-state index in [1.165, 1.54) is 32.9 Å². The van der Waals surface area contributed by atoms with Gasteiger partial charge in [-0.15, -0.1) is 0 Å². The average molecular weight is 444 g/mol. The zero-order valence-corrected chi connectivity index (χ0v) is 19.9. The van der Waals surface area contributed by atoms with Crippen molar-refractivity contribution >= 4 is 21.8 Å². The summed E-state index contributed by atoms with van der Waals surface area (Å²) in [6.07, 6.45) is 0. The van der Waals surface area contributed by atoms with Crippen LogP contribution in [-0.2, 0) is 19.6 Å². The van der Waals surface area contributed by atoms with Gasteiger partial charge in [0.25, 0.3) is 0 Å². The Labute approximate surface area is 196 Å². The van der Waals surface area contributed by atoms with E-state index < -0.39 is 0 Å². The SMILES string of the molecule is CCn1c2ccccc2c2cc(CN3CCN(Cc4cc(OC)ccc4OC)CC3)ccc21. The topological polar surface area (TPSA) is 29.9 Å². The van der Waals surface area contributed by atoms with Crippen LogP contribution in [0.25, 0.3) is 21.8 Å². The number of hydrogen-bond acceptors (Lipinski definition) is 4. The Morgan fingerprint density at radius 1 is 0.727 bits per heavy atom. The summed E-state index contributed by atoms with van der Waals surface area (Å²) in [5.74, 6) is 1.81. The molecule has 5 rings (SSSR count). The van der Waals surface area contributed by atoms with Crippen LogP contribution in [0.15, 0.2) is 60.7 Å². The number of benzene rings is 3. The van der Waals surface area contributed by atoms with Crippen molar-refractivity contribution in [2.45, 2.75) is 26.6 Å². The Kier molecular flexibility index (Phi) is 6.25. The summed E-state index contributed by atoms with van der Waals surface area (Å²) in [5.41, 5.74) is 5.24. The van der Waals surface area contributed by atoms with Gasteiger partial charge in [0, 0.05) is 73.2 Å². The highest BCUT2D eigenvalue weighted by atomic mass is 16.5. The lowest BCUT2D eigenvalue weighted by Gasteiger charge is -2.35. The molecule has 3 aromatic carbocycles. The minimum absolute atomic E-state index is 0.879. The number of rotatable bonds is 7. The van der Waals surface area contributed by atoms with Crippen molar-refractivity contribution < 1.29 is 9.47 Å². The summed E-state index contributed by atoms with van der Waals surface area (Å²) in [6, 6.07) is 21.8. The van der Waals surface area contributed by atoms with Gasteiger partial charge in [-0.25, -0.2) is 0 Å². The number of methoxy groups -OCH3 is 2. The van der Waals surface area contributed by atoms with Crippen LogP contribution in [0.4, 0.5) is 0 Å². The maximum Gasteiger partial charge on any atom is 0.123 e. The van der Waals surface area contributed by atoms with E-state index in [0.717, 1.165) is 57.3 Å². The Bertz CT molecular complexity index is 1250. The normalized spacial score (nSPS) is 15.4. The predicted molar refractivity (Wildman–Crippen MR) is 135 cm³/mol. The molecule has 2 heterocycles. The lowest BCUT2D eigenvalue weighted by atomic mass is 10.1. The predicted octanol–water partition coefficient (Wildman–Crippen LogP) is 5.15. The van der Waals surface area contributed by atoms with E-state index in [1.54, 1.807) is 14.2 Å². The van der Waals surface area contributed by atoms with Crippen molar-refractivity contribution in [3.63, 3.8) is 0 Å². The number of fused-ring (bicyclic) bond motifs is 3. The number of piperazine rings is 1. The number of aromatic nitrogens is 1. The molecule has 0 spiro atoms. The standard InChI is InChI=1S/C28H33N3O2/c1-4-31-26-8-6-5-7-24(26)25-17-21(9-11-27(25)31)19-29-13-15-30(16-14-29)20-22-18-23(32-2)10-12-28(22)33-3/h5-12,17-18H,4,13-16,19-20H2,1-3H3. The van der Waals surface area contributed by atoms with Crippen LogP contribution >= 0.6 is 0 Å². The second kappa shape index (κ2) is 9.46. The van der Waals surface area contributed by atoms with Crippen molar-refractivity contribution in [1.29, 1.82) is 0 Å². The third-order valence-electron chi connectivity index (χ3n) is 6.91. The molecule has 0 aliphatic carbocycles. The van der Waals surface area contributed by atoms with Crippen molar-refractivity contribution in [2.75, 3.05) is 40.4 Å². The average Bonchev–Trinajstić information content (AvgIpc) is 3.18. The second-order valence-electron chi connectivity index (χ2n) is 8.84. The van der Waals surface area contributed by atoms with E-state index in [9.17, 15) is 0 Å². The Balaban J connectivity index is 1.27. The van der Waals surface area contributed by atoms with Gasteiger partial charge in [-0.3, -0.25) is 9.80 Å². The van der Waals surface area contributed by atoms with Gasteiger partial charge in [-0.2, -0.15) is 0 Å². The number of ether oxygens (including phenoxy) is 2. The van der Waals surface area contributed by atoms with Crippen molar-refractivity contribution in [3.05, 3.63) is 71.8 Å². The highest BCUT2D eigenvalue weighted by Crippen LogP contribution is 2.30. The number of hydrogen-bond donors (Lipinski definition) is 0. The molecular weight excluding hydrogens is 410 g/mol. The van der Waals surface area contributed by atoms with Crippen LogP contribution < -0.4 is 9.47 Å². The first-order valence-corrected chi connectivity index (χ1v) is 11.9.